The van der Waals surface area contributed by atoms with Crippen molar-refractivity contribution in [3.05, 3.63) is 47.4 Å². The van der Waals surface area contributed by atoms with E-state index in [1.807, 2.05) is 6.07 Å². The van der Waals surface area contributed by atoms with E-state index >= 15 is 0 Å². The number of fused-ring (bicyclic) bond motifs is 2. The number of rotatable bonds is 8. The van der Waals surface area contributed by atoms with E-state index in [9.17, 15) is 23.1 Å². The van der Waals surface area contributed by atoms with Gasteiger partial charge in [0.15, 0.2) is 17.2 Å². The molecule has 0 spiro atoms. The molecular formula is C30H30F3N5O4. The number of halogens is 3. The number of aromatic nitrogens is 4. The first-order valence-corrected chi connectivity index (χ1v) is 14.7. The van der Waals surface area contributed by atoms with Gasteiger partial charge >= 0.3 is 6.18 Å². The minimum absolute atomic E-state index is 0.197. The highest BCUT2D eigenvalue weighted by molar-refractivity contribution is 5.96. The van der Waals surface area contributed by atoms with E-state index in [2.05, 4.69) is 20.3 Å². The Morgan fingerprint density at radius 1 is 1.00 bits per heavy atom. The van der Waals surface area contributed by atoms with Crippen LogP contribution in [0.4, 0.5) is 18.9 Å². The molecule has 0 unspecified atom stereocenters. The molecule has 3 aromatic rings. The van der Waals surface area contributed by atoms with Gasteiger partial charge in [-0.2, -0.15) is 23.1 Å². The quantitative estimate of drug-likeness (QED) is 0.347. The maximum atomic E-state index is 13.8. The van der Waals surface area contributed by atoms with Crippen LogP contribution in [0.1, 0.15) is 93.6 Å². The fourth-order valence-corrected chi connectivity index (χ4v) is 6.80. The van der Waals surface area contributed by atoms with E-state index < -0.39 is 36.4 Å². The Kier molecular flexibility index (Phi) is 5.58. The summed E-state index contributed by atoms with van der Waals surface area (Å²) in [7, 11) is 0. The summed E-state index contributed by atoms with van der Waals surface area (Å²) in [4.78, 5) is 24.6. The molecule has 0 aliphatic heterocycles. The number of benzene rings is 1. The molecule has 0 radical (unpaired) electrons. The van der Waals surface area contributed by atoms with Gasteiger partial charge in [0.1, 0.15) is 0 Å². The summed E-state index contributed by atoms with van der Waals surface area (Å²) < 4.78 is 51.3. The highest BCUT2D eigenvalue weighted by atomic mass is 19.4. The largest absolute Gasteiger partial charge is 0.417 e. The maximum Gasteiger partial charge on any atom is 0.417 e. The number of nitrogens with zero attached hydrogens (tertiary/aromatic N) is 5. The molecule has 0 atom stereocenters. The number of hydrogen-bond donors (Lipinski definition) is 1. The molecule has 4 saturated carbocycles. The van der Waals surface area contributed by atoms with Crippen LogP contribution in [0.15, 0.2) is 38.9 Å². The number of aliphatic hydroxyl groups is 1. The topological polar surface area (TPSA) is 118 Å². The van der Waals surface area contributed by atoms with Crippen molar-refractivity contribution in [2.24, 2.45) is 11.3 Å². The van der Waals surface area contributed by atoms with Crippen molar-refractivity contribution in [2.75, 3.05) is 11.4 Å². The zero-order valence-corrected chi connectivity index (χ0v) is 22.9. The molecule has 220 valence electrons. The molecule has 9 rings (SSSR count). The van der Waals surface area contributed by atoms with Crippen LogP contribution in [-0.2, 0) is 4.79 Å². The van der Waals surface area contributed by atoms with Gasteiger partial charge in [-0.05, 0) is 87.8 Å². The lowest BCUT2D eigenvalue weighted by molar-refractivity contribution is -0.295. The maximum absolute atomic E-state index is 13.8. The number of anilines is 1. The molecule has 6 aliphatic rings. The van der Waals surface area contributed by atoms with Gasteiger partial charge in [-0.1, -0.05) is 22.0 Å². The van der Waals surface area contributed by atoms with E-state index in [0.717, 1.165) is 62.8 Å². The van der Waals surface area contributed by atoms with Crippen molar-refractivity contribution in [1.82, 2.24) is 20.3 Å². The number of amides is 1. The number of hydrogen-bond acceptors (Lipinski definition) is 8. The van der Waals surface area contributed by atoms with Crippen molar-refractivity contribution >= 4 is 17.2 Å². The lowest BCUT2D eigenvalue weighted by Gasteiger charge is -2.52. The molecule has 0 saturated heterocycles. The van der Waals surface area contributed by atoms with Crippen molar-refractivity contribution in [3.63, 3.8) is 0 Å². The average molecular weight is 582 g/mol. The van der Waals surface area contributed by atoms with Gasteiger partial charge in [0.25, 0.3) is 11.8 Å². The Morgan fingerprint density at radius 3 is 2.24 bits per heavy atom. The predicted molar refractivity (Wildman–Crippen MR) is 142 cm³/mol. The molecule has 2 bridgehead atoms. The Hall–Kier alpha value is -3.54. The minimum Gasteiger partial charge on any atom is -0.380 e. The second-order valence-electron chi connectivity index (χ2n) is 13.0. The predicted octanol–water partition coefficient (Wildman–Crippen LogP) is 5.94. The van der Waals surface area contributed by atoms with Crippen LogP contribution in [0.5, 0.6) is 0 Å². The molecule has 9 nitrogen and oxygen atoms in total. The van der Waals surface area contributed by atoms with Gasteiger partial charge in [-0.25, -0.2) is 0 Å². The smallest absolute Gasteiger partial charge is 0.380 e. The standard InChI is InChI=1S/C30H30F3N5O4/c31-30(32,33)29(40)13-20(14-29)27(39)38(21-3-1-2-18(10-21)25-34-23(36-41-25)16-4-5-16)15-28-9-8-22(19(11-28)12-28)26-35-24(37-42-26)17-6-7-17/h1-3,10,16-17,20,40H,4-9,11-15H2/t20-,29+. The van der Waals surface area contributed by atoms with Crippen LogP contribution in [0.25, 0.3) is 17.0 Å². The first-order chi connectivity index (χ1) is 20.1. The number of carbonyl (C=O) groups is 1. The summed E-state index contributed by atoms with van der Waals surface area (Å²) >= 11 is 0. The van der Waals surface area contributed by atoms with Crippen LogP contribution >= 0.6 is 0 Å². The molecule has 1 N–H and O–H groups in total. The summed E-state index contributed by atoms with van der Waals surface area (Å²) in [6.07, 6.45) is 1.26. The first kappa shape index (κ1) is 26.1. The van der Waals surface area contributed by atoms with Gasteiger partial charge in [0.2, 0.25) is 5.91 Å². The van der Waals surface area contributed by atoms with Gasteiger partial charge < -0.3 is 19.1 Å². The molecule has 2 aromatic heterocycles. The van der Waals surface area contributed by atoms with E-state index in [-0.39, 0.29) is 5.41 Å². The number of allylic oxidation sites excluding steroid dienone is 2. The van der Waals surface area contributed by atoms with Crippen LogP contribution in [-0.4, -0.2) is 49.6 Å². The van der Waals surface area contributed by atoms with Crippen LogP contribution in [0.2, 0.25) is 0 Å². The van der Waals surface area contributed by atoms with E-state index in [1.165, 1.54) is 5.57 Å². The molecule has 4 fully saturated rings. The SMILES string of the molecule is O=C([C@H]1C[C@](O)(C(F)(F)F)C1)N(CC12CCC(c3nc(C4CC4)no3)=C(C1)C2)c1cccc(-c2nc(C3CC3)no2)c1. The zero-order valence-electron chi connectivity index (χ0n) is 22.9. The molecular weight excluding hydrogens is 551 g/mol. The van der Waals surface area contributed by atoms with Crippen molar-refractivity contribution in [2.45, 2.75) is 87.8 Å². The van der Waals surface area contributed by atoms with E-state index in [1.54, 1.807) is 23.1 Å². The lowest BCUT2D eigenvalue weighted by atomic mass is 9.57. The molecule has 6 aliphatic carbocycles. The van der Waals surface area contributed by atoms with Gasteiger partial charge in [0.05, 0.1) is 0 Å². The summed E-state index contributed by atoms with van der Waals surface area (Å²) in [6, 6.07) is 7.17. The second-order valence-corrected chi connectivity index (χ2v) is 13.0. The zero-order chi connectivity index (χ0) is 28.9. The average Bonchev–Trinajstić information content (AvgIpc) is 3.87. The normalized spacial score (nSPS) is 26.5. The van der Waals surface area contributed by atoms with Gasteiger partial charge in [-0.15, -0.1) is 0 Å². The highest BCUT2D eigenvalue weighted by Crippen LogP contribution is 2.58. The third-order valence-electron chi connectivity index (χ3n) is 9.74. The fraction of sp³-hybridized carbons (Fsp3) is 0.567. The third-order valence-corrected chi connectivity index (χ3v) is 9.74. The molecule has 2 heterocycles. The molecule has 12 heteroatoms. The Bertz CT molecular complexity index is 1590. The molecule has 1 amide bonds. The first-order valence-electron chi connectivity index (χ1n) is 14.7. The summed E-state index contributed by atoms with van der Waals surface area (Å²) in [5.74, 6) is 1.77. The molecule has 1 aromatic carbocycles. The van der Waals surface area contributed by atoms with Crippen LogP contribution in [0, 0.1) is 11.3 Å². The van der Waals surface area contributed by atoms with E-state index in [0.29, 0.717) is 47.2 Å². The lowest BCUT2D eigenvalue weighted by Crippen LogP contribution is -2.60. The van der Waals surface area contributed by atoms with Crippen molar-refractivity contribution in [3.8, 4) is 11.5 Å². The Morgan fingerprint density at radius 2 is 1.64 bits per heavy atom. The van der Waals surface area contributed by atoms with Crippen LogP contribution in [0.3, 0.4) is 0 Å². The monoisotopic (exact) mass is 581 g/mol. The Labute approximate surface area is 239 Å². The van der Waals surface area contributed by atoms with Crippen molar-refractivity contribution < 1.29 is 32.1 Å². The minimum atomic E-state index is -4.77. The summed E-state index contributed by atoms with van der Waals surface area (Å²) in [5.41, 5.74) is 0.519. The number of alkyl halides is 3. The summed E-state index contributed by atoms with van der Waals surface area (Å²) in [5, 5.41) is 18.3. The van der Waals surface area contributed by atoms with Gasteiger partial charge in [0, 0.05) is 41.1 Å². The fourth-order valence-electron chi connectivity index (χ4n) is 6.80. The van der Waals surface area contributed by atoms with Crippen molar-refractivity contribution in [1.29, 1.82) is 0 Å². The second kappa shape index (κ2) is 8.98. The van der Waals surface area contributed by atoms with Crippen LogP contribution < -0.4 is 4.90 Å². The van der Waals surface area contributed by atoms with E-state index in [4.69, 9.17) is 9.05 Å². The third kappa shape index (κ3) is 4.37. The number of carbonyl (C=O) groups excluding carboxylic acids is 1. The Balaban J connectivity index is 1.06. The molecule has 42 heavy (non-hydrogen) atoms. The highest BCUT2D eigenvalue weighted by Gasteiger charge is 2.63. The summed E-state index contributed by atoms with van der Waals surface area (Å²) in [6.45, 7) is 0.362. The van der Waals surface area contributed by atoms with Gasteiger partial charge in [-0.3, -0.25) is 4.79 Å².